The summed E-state index contributed by atoms with van der Waals surface area (Å²) >= 11 is 0. The van der Waals surface area contributed by atoms with Crippen molar-refractivity contribution in [1.29, 1.82) is 0 Å². The van der Waals surface area contributed by atoms with Crippen molar-refractivity contribution < 1.29 is 4.79 Å². The first kappa shape index (κ1) is 11.6. The molecule has 0 aliphatic rings. The van der Waals surface area contributed by atoms with Crippen LogP contribution in [0.25, 0.3) is 5.65 Å². The number of aromatic nitrogens is 3. The standard InChI is InChI=1S/C12H16N4O/c1-3-9(4-2)11(17)13-12-15-14-10-7-5-6-8-16(10)12/h5-9H,3-4H2,1-2H3,(H,13,15,17). The van der Waals surface area contributed by atoms with Crippen LogP contribution in [0, 0.1) is 5.92 Å². The van der Waals surface area contributed by atoms with E-state index in [2.05, 4.69) is 15.5 Å². The van der Waals surface area contributed by atoms with Crippen molar-refractivity contribution in [3.8, 4) is 0 Å². The van der Waals surface area contributed by atoms with Crippen LogP contribution in [-0.2, 0) is 4.79 Å². The molecule has 0 fully saturated rings. The topological polar surface area (TPSA) is 59.3 Å². The molecule has 0 bridgehead atoms. The van der Waals surface area contributed by atoms with E-state index in [9.17, 15) is 4.79 Å². The number of amides is 1. The monoisotopic (exact) mass is 232 g/mol. The van der Waals surface area contributed by atoms with E-state index in [0.29, 0.717) is 5.95 Å². The summed E-state index contributed by atoms with van der Waals surface area (Å²) < 4.78 is 1.76. The van der Waals surface area contributed by atoms with Gasteiger partial charge in [-0.15, -0.1) is 10.2 Å². The summed E-state index contributed by atoms with van der Waals surface area (Å²) in [4.78, 5) is 11.9. The highest BCUT2D eigenvalue weighted by Crippen LogP contribution is 2.12. The number of fused-ring (bicyclic) bond motifs is 1. The molecule has 2 aromatic rings. The Morgan fingerprint density at radius 2 is 2.12 bits per heavy atom. The zero-order valence-corrected chi connectivity index (χ0v) is 10.1. The summed E-state index contributed by atoms with van der Waals surface area (Å²) in [7, 11) is 0. The van der Waals surface area contributed by atoms with E-state index in [-0.39, 0.29) is 11.8 Å². The second-order valence-electron chi connectivity index (χ2n) is 3.96. The average Bonchev–Trinajstić information content (AvgIpc) is 2.74. The van der Waals surface area contributed by atoms with E-state index in [0.717, 1.165) is 18.5 Å². The Kier molecular flexibility index (Phi) is 3.37. The molecule has 90 valence electrons. The first-order valence-corrected chi connectivity index (χ1v) is 5.86. The number of nitrogens with zero attached hydrogens (tertiary/aromatic N) is 3. The number of carbonyl (C=O) groups is 1. The highest BCUT2D eigenvalue weighted by Gasteiger charge is 2.16. The lowest BCUT2D eigenvalue weighted by atomic mass is 10.0. The molecule has 2 rings (SSSR count). The SMILES string of the molecule is CCC(CC)C(=O)Nc1nnc2ccccn12. The van der Waals surface area contributed by atoms with Gasteiger partial charge in [0.05, 0.1) is 0 Å². The van der Waals surface area contributed by atoms with Gasteiger partial charge >= 0.3 is 0 Å². The number of pyridine rings is 1. The second-order valence-corrected chi connectivity index (χ2v) is 3.96. The molecule has 17 heavy (non-hydrogen) atoms. The molecule has 0 aliphatic carbocycles. The normalized spacial score (nSPS) is 11.0. The molecular weight excluding hydrogens is 216 g/mol. The van der Waals surface area contributed by atoms with Gasteiger partial charge in [-0.05, 0) is 25.0 Å². The van der Waals surface area contributed by atoms with Crippen molar-refractivity contribution >= 4 is 17.5 Å². The Balaban J connectivity index is 2.21. The molecule has 0 saturated carbocycles. The maximum Gasteiger partial charge on any atom is 0.235 e. The van der Waals surface area contributed by atoms with Gasteiger partial charge in [0.15, 0.2) is 5.65 Å². The predicted octanol–water partition coefficient (Wildman–Crippen LogP) is 2.10. The zero-order chi connectivity index (χ0) is 12.3. The van der Waals surface area contributed by atoms with Gasteiger partial charge in [0.25, 0.3) is 0 Å². The quantitative estimate of drug-likeness (QED) is 0.878. The third-order valence-corrected chi connectivity index (χ3v) is 2.91. The van der Waals surface area contributed by atoms with Crippen molar-refractivity contribution in [2.75, 3.05) is 5.32 Å². The summed E-state index contributed by atoms with van der Waals surface area (Å²) in [6.45, 7) is 4.02. The minimum Gasteiger partial charge on any atom is -0.294 e. The molecule has 0 unspecified atom stereocenters. The van der Waals surface area contributed by atoms with Crippen LogP contribution in [0.15, 0.2) is 24.4 Å². The minimum absolute atomic E-state index is 0.00755. The highest BCUT2D eigenvalue weighted by molar-refractivity contribution is 5.91. The van der Waals surface area contributed by atoms with E-state index in [4.69, 9.17) is 0 Å². The smallest absolute Gasteiger partial charge is 0.235 e. The Hall–Kier alpha value is -1.91. The Morgan fingerprint density at radius 3 is 2.82 bits per heavy atom. The first-order chi connectivity index (χ1) is 8.26. The van der Waals surface area contributed by atoms with Crippen LogP contribution >= 0.6 is 0 Å². The zero-order valence-electron chi connectivity index (χ0n) is 10.1. The number of carbonyl (C=O) groups excluding carboxylic acids is 1. The van der Waals surface area contributed by atoms with Gasteiger partial charge in [-0.1, -0.05) is 19.9 Å². The molecule has 0 saturated heterocycles. The van der Waals surface area contributed by atoms with Crippen LogP contribution in [0.1, 0.15) is 26.7 Å². The summed E-state index contributed by atoms with van der Waals surface area (Å²) in [6, 6.07) is 5.61. The van der Waals surface area contributed by atoms with Crippen molar-refractivity contribution in [3.63, 3.8) is 0 Å². The van der Waals surface area contributed by atoms with E-state index in [1.807, 2.05) is 38.2 Å². The molecule has 0 aromatic carbocycles. The molecule has 5 heteroatoms. The number of hydrogen-bond donors (Lipinski definition) is 1. The number of anilines is 1. The van der Waals surface area contributed by atoms with E-state index in [1.54, 1.807) is 4.40 Å². The average molecular weight is 232 g/mol. The van der Waals surface area contributed by atoms with Crippen LogP contribution in [0.5, 0.6) is 0 Å². The molecule has 0 spiro atoms. The third kappa shape index (κ3) is 2.27. The number of rotatable bonds is 4. The Morgan fingerprint density at radius 1 is 1.35 bits per heavy atom. The van der Waals surface area contributed by atoms with Crippen LogP contribution in [0.2, 0.25) is 0 Å². The van der Waals surface area contributed by atoms with Crippen LogP contribution in [0.4, 0.5) is 5.95 Å². The predicted molar refractivity (Wildman–Crippen MR) is 65.7 cm³/mol. The van der Waals surface area contributed by atoms with Gasteiger partial charge in [0, 0.05) is 12.1 Å². The van der Waals surface area contributed by atoms with Gasteiger partial charge in [-0.3, -0.25) is 14.5 Å². The molecular formula is C12H16N4O. The summed E-state index contributed by atoms with van der Waals surface area (Å²) in [5, 5.41) is 10.8. The van der Waals surface area contributed by atoms with Crippen LogP contribution in [-0.4, -0.2) is 20.5 Å². The molecule has 0 atom stereocenters. The van der Waals surface area contributed by atoms with Crippen molar-refractivity contribution in [3.05, 3.63) is 24.4 Å². The summed E-state index contributed by atoms with van der Waals surface area (Å²) in [5.74, 6) is 0.525. The lowest BCUT2D eigenvalue weighted by Gasteiger charge is -2.11. The van der Waals surface area contributed by atoms with Crippen molar-refractivity contribution in [2.45, 2.75) is 26.7 Å². The van der Waals surface area contributed by atoms with Crippen LogP contribution < -0.4 is 5.32 Å². The van der Waals surface area contributed by atoms with Crippen molar-refractivity contribution in [2.24, 2.45) is 5.92 Å². The molecule has 1 N–H and O–H groups in total. The molecule has 5 nitrogen and oxygen atoms in total. The molecule has 2 aromatic heterocycles. The second kappa shape index (κ2) is 4.95. The fourth-order valence-corrected chi connectivity index (χ4v) is 1.80. The van der Waals surface area contributed by atoms with E-state index < -0.39 is 0 Å². The Bertz CT molecular complexity index is 516. The molecule has 2 heterocycles. The fourth-order valence-electron chi connectivity index (χ4n) is 1.80. The lowest BCUT2D eigenvalue weighted by molar-refractivity contribution is -0.120. The van der Waals surface area contributed by atoms with Gasteiger partial charge < -0.3 is 0 Å². The Labute approximate surface area is 99.9 Å². The maximum absolute atomic E-state index is 11.9. The van der Waals surface area contributed by atoms with E-state index >= 15 is 0 Å². The van der Waals surface area contributed by atoms with Gasteiger partial charge in [0.2, 0.25) is 11.9 Å². The van der Waals surface area contributed by atoms with Gasteiger partial charge in [-0.2, -0.15) is 0 Å². The maximum atomic E-state index is 11.9. The fraction of sp³-hybridized carbons (Fsp3) is 0.417. The molecule has 0 radical (unpaired) electrons. The van der Waals surface area contributed by atoms with Gasteiger partial charge in [0.1, 0.15) is 0 Å². The van der Waals surface area contributed by atoms with Crippen molar-refractivity contribution in [1.82, 2.24) is 14.6 Å². The minimum atomic E-state index is 0.00755. The van der Waals surface area contributed by atoms with E-state index in [1.165, 1.54) is 0 Å². The third-order valence-electron chi connectivity index (χ3n) is 2.91. The van der Waals surface area contributed by atoms with Crippen LogP contribution in [0.3, 0.4) is 0 Å². The summed E-state index contributed by atoms with van der Waals surface area (Å²) in [5.41, 5.74) is 0.729. The lowest BCUT2D eigenvalue weighted by Crippen LogP contribution is -2.22. The first-order valence-electron chi connectivity index (χ1n) is 5.86. The molecule has 0 aliphatic heterocycles. The molecule has 1 amide bonds. The number of hydrogen-bond acceptors (Lipinski definition) is 3. The highest BCUT2D eigenvalue weighted by atomic mass is 16.2. The largest absolute Gasteiger partial charge is 0.294 e. The van der Waals surface area contributed by atoms with Gasteiger partial charge in [-0.25, -0.2) is 0 Å². The summed E-state index contributed by atoms with van der Waals surface area (Å²) in [6.07, 6.45) is 3.50. The number of nitrogens with one attached hydrogen (secondary N) is 1.